The molecule has 3 aromatic carbocycles. The summed E-state index contributed by atoms with van der Waals surface area (Å²) in [4.78, 5) is 20.2. The van der Waals surface area contributed by atoms with Gasteiger partial charge in [0.25, 0.3) is 5.91 Å². The molecular weight excluding hydrogens is 383 g/mol. The van der Waals surface area contributed by atoms with E-state index in [9.17, 15) is 9.18 Å². The second kappa shape index (κ2) is 6.99. The van der Waals surface area contributed by atoms with Crippen LogP contribution in [0.25, 0.3) is 0 Å². The summed E-state index contributed by atoms with van der Waals surface area (Å²) in [5.74, 6) is 0.510. The topological polar surface area (TPSA) is 51.1 Å². The molecule has 2 aliphatic rings. The van der Waals surface area contributed by atoms with E-state index in [2.05, 4.69) is 0 Å². The van der Waals surface area contributed by atoms with E-state index < -0.39 is 0 Å². The van der Waals surface area contributed by atoms with Crippen molar-refractivity contribution in [1.82, 2.24) is 0 Å². The molecule has 0 aromatic heterocycles. The predicted octanol–water partition coefficient (Wildman–Crippen LogP) is 5.07. The van der Waals surface area contributed by atoms with Crippen molar-refractivity contribution in [3.8, 4) is 11.5 Å². The highest BCUT2D eigenvalue weighted by Crippen LogP contribution is 2.50. The van der Waals surface area contributed by atoms with Crippen molar-refractivity contribution >= 4 is 23.0 Å². The molecule has 0 bridgehead atoms. The number of benzene rings is 3. The number of carbonyl (C=O) groups is 1. The van der Waals surface area contributed by atoms with E-state index in [0.29, 0.717) is 29.2 Å². The van der Waals surface area contributed by atoms with Crippen LogP contribution in [0.2, 0.25) is 0 Å². The fourth-order valence-electron chi connectivity index (χ4n) is 4.28. The molecule has 6 heteroatoms. The number of hydrogen-bond donors (Lipinski definition) is 0. The Balaban J connectivity index is 1.72. The number of hydrogen-bond acceptors (Lipinski definition) is 4. The van der Waals surface area contributed by atoms with Gasteiger partial charge in [0.1, 0.15) is 5.82 Å². The lowest BCUT2D eigenvalue weighted by Gasteiger charge is -2.24. The zero-order valence-electron chi connectivity index (χ0n) is 16.6. The molecule has 0 N–H and O–H groups in total. The number of carbonyl (C=O) groups excluding carboxylic acids is 1. The second-order valence-corrected chi connectivity index (χ2v) is 7.21. The summed E-state index contributed by atoms with van der Waals surface area (Å²) in [5, 5.41) is 0. The summed E-state index contributed by atoms with van der Waals surface area (Å²) in [6, 6.07) is 17.3. The number of nitrogens with zero attached hydrogens (tertiary/aromatic N) is 2. The van der Waals surface area contributed by atoms with Crippen LogP contribution >= 0.6 is 0 Å². The molecular formula is C24H19FN2O3. The van der Waals surface area contributed by atoms with Crippen LogP contribution in [0.15, 0.2) is 65.7 Å². The largest absolute Gasteiger partial charge is 0.493 e. The Hall–Kier alpha value is -3.67. The van der Waals surface area contributed by atoms with E-state index in [0.717, 1.165) is 22.5 Å². The van der Waals surface area contributed by atoms with Crippen molar-refractivity contribution < 1.29 is 18.7 Å². The van der Waals surface area contributed by atoms with Gasteiger partial charge in [0.05, 0.1) is 42.9 Å². The molecule has 0 saturated carbocycles. The Bertz CT molecular complexity index is 1190. The number of ether oxygens (including phenoxy) is 2. The van der Waals surface area contributed by atoms with Gasteiger partial charge >= 0.3 is 0 Å². The Morgan fingerprint density at radius 2 is 1.77 bits per heavy atom. The van der Waals surface area contributed by atoms with Gasteiger partial charge in [0.2, 0.25) is 0 Å². The van der Waals surface area contributed by atoms with Crippen molar-refractivity contribution in [2.75, 3.05) is 19.1 Å². The van der Waals surface area contributed by atoms with Gasteiger partial charge < -0.3 is 9.47 Å². The Morgan fingerprint density at radius 1 is 1.00 bits per heavy atom. The van der Waals surface area contributed by atoms with E-state index in [-0.39, 0.29) is 17.8 Å². The summed E-state index contributed by atoms with van der Waals surface area (Å²) >= 11 is 0. The highest BCUT2D eigenvalue weighted by atomic mass is 19.1. The molecule has 0 fully saturated rings. The highest BCUT2D eigenvalue weighted by Gasteiger charge is 2.43. The molecule has 2 heterocycles. The highest BCUT2D eigenvalue weighted by molar-refractivity contribution is 6.17. The third kappa shape index (κ3) is 2.68. The lowest BCUT2D eigenvalue weighted by molar-refractivity contribution is 0.0989. The van der Waals surface area contributed by atoms with Crippen LogP contribution < -0.4 is 14.4 Å². The first-order valence-electron chi connectivity index (χ1n) is 9.63. The van der Waals surface area contributed by atoms with E-state index in [1.807, 2.05) is 36.4 Å². The number of fused-ring (bicyclic) bond motifs is 5. The van der Waals surface area contributed by atoms with Gasteiger partial charge in [-0.05, 0) is 41.5 Å². The molecule has 1 atom stereocenters. The van der Waals surface area contributed by atoms with Crippen LogP contribution in [0, 0.1) is 5.82 Å². The van der Waals surface area contributed by atoms with Crippen LogP contribution in [0.1, 0.15) is 33.9 Å². The van der Waals surface area contributed by atoms with Crippen LogP contribution in [0.5, 0.6) is 11.5 Å². The minimum absolute atomic E-state index is 0.145. The Labute approximate surface area is 173 Å². The van der Waals surface area contributed by atoms with Crippen LogP contribution in [-0.2, 0) is 0 Å². The van der Waals surface area contributed by atoms with Crippen LogP contribution in [0.4, 0.5) is 15.8 Å². The SMILES string of the molecule is COc1ccc2c(c1OC)C(=O)N1c3ccccc3N=C(c3ccc(F)cc3)CC21. The second-order valence-electron chi connectivity index (χ2n) is 7.21. The smallest absolute Gasteiger partial charge is 0.263 e. The maximum absolute atomic E-state index is 13.6. The minimum Gasteiger partial charge on any atom is -0.493 e. The van der Waals surface area contributed by atoms with E-state index >= 15 is 0 Å². The molecule has 3 aromatic rings. The van der Waals surface area contributed by atoms with E-state index in [1.165, 1.54) is 19.2 Å². The fraction of sp³-hybridized carbons (Fsp3) is 0.167. The lowest BCUT2D eigenvalue weighted by atomic mass is 9.96. The fourth-order valence-corrected chi connectivity index (χ4v) is 4.28. The molecule has 0 saturated heterocycles. The van der Waals surface area contributed by atoms with Crippen molar-refractivity contribution in [2.24, 2.45) is 4.99 Å². The van der Waals surface area contributed by atoms with Crippen LogP contribution in [-0.4, -0.2) is 25.8 Å². The van der Waals surface area contributed by atoms with E-state index in [4.69, 9.17) is 14.5 Å². The third-order valence-corrected chi connectivity index (χ3v) is 5.64. The van der Waals surface area contributed by atoms with Gasteiger partial charge in [-0.3, -0.25) is 14.7 Å². The van der Waals surface area contributed by atoms with Gasteiger partial charge in [0, 0.05) is 6.42 Å². The molecule has 5 rings (SSSR count). The van der Waals surface area contributed by atoms with Gasteiger partial charge in [-0.2, -0.15) is 0 Å². The molecule has 0 spiro atoms. The normalized spacial score (nSPS) is 16.9. The molecule has 5 nitrogen and oxygen atoms in total. The Morgan fingerprint density at radius 3 is 2.50 bits per heavy atom. The number of para-hydroxylation sites is 2. The molecule has 30 heavy (non-hydrogen) atoms. The van der Waals surface area contributed by atoms with Crippen LogP contribution in [0.3, 0.4) is 0 Å². The zero-order valence-corrected chi connectivity index (χ0v) is 16.6. The quantitative estimate of drug-likeness (QED) is 0.615. The standard InChI is InChI=1S/C24H19FN2O3/c1-29-21-12-11-16-20-13-18(14-7-9-15(25)10-8-14)26-17-5-3-4-6-19(17)27(20)24(28)22(16)23(21)30-2/h3-12,20H,13H2,1-2H3. The first-order chi connectivity index (χ1) is 14.6. The number of methoxy groups -OCH3 is 2. The van der Waals surface area contributed by atoms with Gasteiger partial charge in [-0.1, -0.05) is 30.3 Å². The average Bonchev–Trinajstić information content (AvgIpc) is 2.94. The minimum atomic E-state index is -0.298. The molecule has 0 aliphatic carbocycles. The maximum atomic E-state index is 13.6. The molecule has 2 aliphatic heterocycles. The van der Waals surface area contributed by atoms with Gasteiger partial charge in [0.15, 0.2) is 11.5 Å². The first-order valence-corrected chi connectivity index (χ1v) is 9.63. The van der Waals surface area contributed by atoms with Gasteiger partial charge in [-0.15, -0.1) is 0 Å². The summed E-state index contributed by atoms with van der Waals surface area (Å²) in [7, 11) is 3.09. The monoisotopic (exact) mass is 402 g/mol. The van der Waals surface area contributed by atoms with Crippen molar-refractivity contribution in [3.05, 3.63) is 83.2 Å². The summed E-state index contributed by atoms with van der Waals surface area (Å²) in [5.41, 5.74) is 4.44. The molecule has 150 valence electrons. The number of aliphatic imine (C=N–C) groups is 1. The number of anilines is 1. The number of halogens is 1. The van der Waals surface area contributed by atoms with E-state index in [1.54, 1.807) is 24.1 Å². The molecule has 1 unspecified atom stereocenters. The maximum Gasteiger partial charge on any atom is 0.263 e. The van der Waals surface area contributed by atoms with Gasteiger partial charge in [-0.25, -0.2) is 4.39 Å². The van der Waals surface area contributed by atoms with Crippen molar-refractivity contribution in [3.63, 3.8) is 0 Å². The predicted molar refractivity (Wildman–Crippen MR) is 113 cm³/mol. The third-order valence-electron chi connectivity index (χ3n) is 5.64. The lowest BCUT2D eigenvalue weighted by Crippen LogP contribution is -2.28. The van der Waals surface area contributed by atoms with Crippen molar-refractivity contribution in [2.45, 2.75) is 12.5 Å². The number of rotatable bonds is 3. The molecule has 0 radical (unpaired) electrons. The first kappa shape index (κ1) is 18.4. The Kier molecular flexibility index (Phi) is 4.28. The summed E-state index contributed by atoms with van der Waals surface area (Å²) in [6.45, 7) is 0. The average molecular weight is 402 g/mol. The zero-order chi connectivity index (χ0) is 20.8. The van der Waals surface area contributed by atoms with Crippen molar-refractivity contribution in [1.29, 1.82) is 0 Å². The summed E-state index contributed by atoms with van der Waals surface area (Å²) < 4.78 is 24.4. The number of amides is 1. The summed E-state index contributed by atoms with van der Waals surface area (Å²) in [6.07, 6.45) is 0.495. The molecule has 1 amide bonds.